The number of fused-ring (bicyclic) bond motifs is 1. The van der Waals surface area contributed by atoms with Crippen molar-refractivity contribution >= 4 is 11.7 Å². The van der Waals surface area contributed by atoms with Crippen LogP contribution in [-0.4, -0.2) is 75.7 Å². The van der Waals surface area contributed by atoms with Crippen molar-refractivity contribution in [2.24, 2.45) is 5.92 Å². The summed E-state index contributed by atoms with van der Waals surface area (Å²) in [6, 6.07) is 6.16. The van der Waals surface area contributed by atoms with E-state index in [1.807, 2.05) is 28.8 Å². The Labute approximate surface area is 179 Å². The summed E-state index contributed by atoms with van der Waals surface area (Å²) in [6.45, 7) is 8.66. The fourth-order valence-electron chi connectivity index (χ4n) is 4.90. The van der Waals surface area contributed by atoms with E-state index in [1.54, 1.807) is 0 Å². The topological polar surface area (TPSA) is 77.8 Å². The van der Waals surface area contributed by atoms with Crippen molar-refractivity contribution < 1.29 is 4.79 Å². The van der Waals surface area contributed by atoms with Crippen LogP contribution in [0.3, 0.4) is 0 Å². The van der Waals surface area contributed by atoms with Crippen molar-refractivity contribution in [1.82, 2.24) is 35.0 Å². The number of carbonyl (C=O) groups is 1. The van der Waals surface area contributed by atoms with E-state index < -0.39 is 0 Å². The van der Waals surface area contributed by atoms with Gasteiger partial charge in [-0.3, -0.25) is 9.30 Å². The molecular formula is C22H35N7O. The summed E-state index contributed by atoms with van der Waals surface area (Å²) >= 11 is 0. The molecule has 2 N–H and O–H groups in total. The van der Waals surface area contributed by atoms with Crippen LogP contribution in [0.1, 0.15) is 51.4 Å². The summed E-state index contributed by atoms with van der Waals surface area (Å²) in [5.41, 5.74) is 0.794. The summed E-state index contributed by atoms with van der Waals surface area (Å²) in [7, 11) is 2.20. The third kappa shape index (κ3) is 4.59. The number of urea groups is 1. The number of aromatic nitrogens is 3. The minimum absolute atomic E-state index is 0.106. The third-order valence-electron chi connectivity index (χ3n) is 6.59. The van der Waals surface area contributed by atoms with Gasteiger partial charge in [0.1, 0.15) is 0 Å². The zero-order valence-corrected chi connectivity index (χ0v) is 18.4. The summed E-state index contributed by atoms with van der Waals surface area (Å²) in [4.78, 5) is 18.0. The smallest absolute Gasteiger partial charge is 0.315 e. The molecule has 3 atom stereocenters. The minimum Gasteiger partial charge on any atom is -0.334 e. The molecule has 8 heteroatoms. The van der Waals surface area contributed by atoms with Crippen LogP contribution < -0.4 is 10.6 Å². The first-order chi connectivity index (χ1) is 14.5. The van der Waals surface area contributed by atoms with E-state index in [1.165, 1.54) is 12.8 Å². The molecule has 2 aromatic heterocycles. The molecular weight excluding hydrogens is 378 g/mol. The Hall–Kier alpha value is -2.19. The molecule has 0 aromatic carbocycles. The van der Waals surface area contributed by atoms with Gasteiger partial charge in [-0.2, -0.15) is 0 Å². The number of nitrogens with one attached hydrogen (secondary N) is 2. The largest absolute Gasteiger partial charge is 0.334 e. The Kier molecular flexibility index (Phi) is 6.53. The Morgan fingerprint density at radius 3 is 2.80 bits per heavy atom. The van der Waals surface area contributed by atoms with Crippen LogP contribution in [0.5, 0.6) is 0 Å². The van der Waals surface area contributed by atoms with Gasteiger partial charge >= 0.3 is 6.03 Å². The van der Waals surface area contributed by atoms with Gasteiger partial charge in [0.05, 0.1) is 6.04 Å². The van der Waals surface area contributed by atoms with Crippen LogP contribution >= 0.6 is 0 Å². The monoisotopic (exact) mass is 413 g/mol. The lowest BCUT2D eigenvalue weighted by Gasteiger charge is -2.33. The molecule has 1 saturated heterocycles. The molecule has 2 fully saturated rings. The summed E-state index contributed by atoms with van der Waals surface area (Å²) < 4.78 is 1.96. The molecule has 2 aliphatic rings. The Morgan fingerprint density at radius 1 is 1.10 bits per heavy atom. The van der Waals surface area contributed by atoms with Crippen molar-refractivity contribution in [3.05, 3.63) is 30.2 Å². The summed E-state index contributed by atoms with van der Waals surface area (Å²) in [5.74, 6) is 0.971. The molecule has 2 amide bonds. The molecule has 1 aliphatic heterocycles. The van der Waals surface area contributed by atoms with E-state index in [2.05, 4.69) is 51.5 Å². The second kappa shape index (κ2) is 9.31. The van der Waals surface area contributed by atoms with Crippen LogP contribution in [0, 0.1) is 5.92 Å². The second-order valence-electron chi connectivity index (χ2n) is 9.12. The van der Waals surface area contributed by atoms with Crippen LogP contribution in [-0.2, 0) is 0 Å². The Balaban J connectivity index is 1.42. The number of rotatable bonds is 5. The Bertz CT molecular complexity index is 851. The SMILES string of the molecule is CC(C)C(NC(=O)NC1CCCC1N1CCCN(C)CC1)c1nnc2ccccn12. The van der Waals surface area contributed by atoms with Crippen LogP contribution in [0.2, 0.25) is 0 Å². The number of hydrogen-bond acceptors (Lipinski definition) is 5. The third-order valence-corrected chi connectivity index (χ3v) is 6.59. The van der Waals surface area contributed by atoms with Gasteiger partial charge in [-0.05, 0) is 63.9 Å². The lowest BCUT2D eigenvalue weighted by Crippen LogP contribution is -2.52. The predicted molar refractivity (Wildman–Crippen MR) is 117 cm³/mol. The van der Waals surface area contributed by atoms with Gasteiger partial charge in [-0.1, -0.05) is 19.9 Å². The molecule has 3 heterocycles. The zero-order valence-electron chi connectivity index (χ0n) is 18.4. The van der Waals surface area contributed by atoms with E-state index in [9.17, 15) is 4.79 Å². The fraction of sp³-hybridized carbons (Fsp3) is 0.682. The first-order valence-corrected chi connectivity index (χ1v) is 11.3. The summed E-state index contributed by atoms with van der Waals surface area (Å²) in [5, 5.41) is 15.1. The number of pyridine rings is 1. The molecule has 164 valence electrons. The normalized spacial score (nSPS) is 24.8. The maximum absolute atomic E-state index is 13.0. The maximum atomic E-state index is 13.0. The standard InChI is InChI=1S/C22H35N7O/c1-16(2)20(21-26-25-19-10-4-5-13-29(19)21)24-22(30)23-17-8-6-9-18(17)28-12-7-11-27(3)14-15-28/h4-5,10,13,16-18,20H,6-9,11-12,14-15H2,1-3H3,(H2,23,24,30). The number of likely N-dealkylation sites (N-methyl/N-ethyl adjacent to an activating group) is 1. The number of amides is 2. The van der Waals surface area contributed by atoms with E-state index in [0.29, 0.717) is 6.04 Å². The van der Waals surface area contributed by atoms with E-state index in [0.717, 1.165) is 50.5 Å². The van der Waals surface area contributed by atoms with Gasteiger partial charge in [0.25, 0.3) is 0 Å². The molecule has 8 nitrogen and oxygen atoms in total. The van der Waals surface area contributed by atoms with Gasteiger partial charge < -0.3 is 15.5 Å². The quantitative estimate of drug-likeness (QED) is 0.786. The molecule has 4 rings (SSSR count). The van der Waals surface area contributed by atoms with E-state index in [4.69, 9.17) is 0 Å². The highest BCUT2D eigenvalue weighted by Gasteiger charge is 2.34. The van der Waals surface area contributed by atoms with Gasteiger partial charge in [-0.15, -0.1) is 10.2 Å². The van der Waals surface area contributed by atoms with Crippen LogP contribution in [0.4, 0.5) is 4.79 Å². The number of nitrogens with zero attached hydrogens (tertiary/aromatic N) is 5. The molecule has 1 aliphatic carbocycles. The fourth-order valence-corrected chi connectivity index (χ4v) is 4.90. The minimum atomic E-state index is -0.200. The van der Waals surface area contributed by atoms with Crippen LogP contribution in [0.25, 0.3) is 5.65 Å². The van der Waals surface area contributed by atoms with E-state index in [-0.39, 0.29) is 24.0 Å². The van der Waals surface area contributed by atoms with Crippen molar-refractivity contribution in [2.75, 3.05) is 33.2 Å². The van der Waals surface area contributed by atoms with Crippen LogP contribution in [0.15, 0.2) is 24.4 Å². The molecule has 0 radical (unpaired) electrons. The van der Waals surface area contributed by atoms with Crippen molar-refractivity contribution in [3.8, 4) is 0 Å². The molecule has 30 heavy (non-hydrogen) atoms. The first kappa shape index (κ1) is 21.1. The summed E-state index contributed by atoms with van der Waals surface area (Å²) in [6.07, 6.45) is 6.52. The highest BCUT2D eigenvalue weighted by molar-refractivity contribution is 5.75. The predicted octanol–water partition coefficient (Wildman–Crippen LogP) is 2.28. The van der Waals surface area contributed by atoms with Gasteiger partial charge in [-0.25, -0.2) is 4.79 Å². The van der Waals surface area contributed by atoms with E-state index >= 15 is 0 Å². The molecule has 0 spiro atoms. The second-order valence-corrected chi connectivity index (χ2v) is 9.12. The number of carbonyl (C=O) groups excluding carboxylic acids is 1. The highest BCUT2D eigenvalue weighted by atomic mass is 16.2. The van der Waals surface area contributed by atoms with Gasteiger partial charge in [0.15, 0.2) is 11.5 Å². The zero-order chi connectivity index (χ0) is 21.1. The molecule has 3 unspecified atom stereocenters. The first-order valence-electron chi connectivity index (χ1n) is 11.3. The van der Waals surface area contributed by atoms with Gasteiger partial charge in [0, 0.05) is 31.4 Å². The number of hydrogen-bond donors (Lipinski definition) is 2. The lowest BCUT2D eigenvalue weighted by atomic mass is 10.0. The average Bonchev–Trinajstić information content (AvgIpc) is 3.30. The molecule has 2 aromatic rings. The van der Waals surface area contributed by atoms with Crippen molar-refractivity contribution in [1.29, 1.82) is 0 Å². The maximum Gasteiger partial charge on any atom is 0.315 e. The van der Waals surface area contributed by atoms with Crippen molar-refractivity contribution in [3.63, 3.8) is 0 Å². The highest BCUT2D eigenvalue weighted by Crippen LogP contribution is 2.26. The van der Waals surface area contributed by atoms with Gasteiger partial charge in [0.2, 0.25) is 0 Å². The molecule has 1 saturated carbocycles. The lowest BCUT2D eigenvalue weighted by molar-refractivity contribution is 0.174. The average molecular weight is 414 g/mol. The Morgan fingerprint density at radius 2 is 1.97 bits per heavy atom. The molecule has 0 bridgehead atoms. The van der Waals surface area contributed by atoms with Crippen molar-refractivity contribution in [2.45, 2.75) is 57.7 Å².